The highest BCUT2D eigenvalue weighted by Crippen LogP contribution is 2.35. The summed E-state index contributed by atoms with van der Waals surface area (Å²) >= 11 is 8.12. The molecule has 0 radical (unpaired) electrons. The Morgan fingerprint density at radius 1 is 1.42 bits per heavy atom. The molecule has 0 fully saturated rings. The van der Waals surface area contributed by atoms with E-state index in [-0.39, 0.29) is 5.91 Å². The van der Waals surface area contributed by atoms with Gasteiger partial charge in [0, 0.05) is 34.1 Å². The summed E-state index contributed by atoms with van der Waals surface area (Å²) < 4.78 is 1.14. The molecule has 3 aromatic rings. The Hall–Kier alpha value is -1.89. The van der Waals surface area contributed by atoms with Gasteiger partial charge in [-0.1, -0.05) is 29.8 Å². The van der Waals surface area contributed by atoms with E-state index in [2.05, 4.69) is 15.5 Å². The van der Waals surface area contributed by atoms with E-state index in [4.69, 9.17) is 11.6 Å². The lowest BCUT2D eigenvalue weighted by Gasteiger charge is -2.17. The number of aromatic amines is 1. The molecule has 1 aliphatic heterocycles. The average Bonchev–Trinajstić information content (AvgIpc) is 3.16. The van der Waals surface area contributed by atoms with Crippen LogP contribution in [0.5, 0.6) is 0 Å². The van der Waals surface area contributed by atoms with Gasteiger partial charge in [0.05, 0.1) is 17.3 Å². The first-order valence-electron chi connectivity index (χ1n) is 7.83. The molecule has 5 nitrogen and oxygen atoms in total. The van der Waals surface area contributed by atoms with Gasteiger partial charge in [-0.15, -0.1) is 11.3 Å². The first kappa shape index (κ1) is 15.6. The maximum Gasteiger partial charge on any atom is 0.274 e. The fourth-order valence-corrected chi connectivity index (χ4v) is 4.60. The number of halogens is 1. The molecule has 0 spiro atoms. The Kier molecular flexibility index (Phi) is 4.04. The smallest absolute Gasteiger partial charge is 0.274 e. The van der Waals surface area contributed by atoms with E-state index in [1.165, 1.54) is 0 Å². The third kappa shape index (κ3) is 2.60. The summed E-state index contributed by atoms with van der Waals surface area (Å²) in [5.41, 5.74) is 2.58. The van der Waals surface area contributed by atoms with E-state index in [0.717, 1.165) is 50.8 Å². The highest BCUT2D eigenvalue weighted by Gasteiger charge is 2.24. The van der Waals surface area contributed by atoms with Crippen LogP contribution in [0.25, 0.3) is 10.1 Å². The number of nitrogens with one attached hydrogen (secondary N) is 2. The van der Waals surface area contributed by atoms with Crippen LogP contribution >= 0.6 is 22.9 Å². The molecule has 2 N–H and O–H groups in total. The van der Waals surface area contributed by atoms with Gasteiger partial charge in [0.2, 0.25) is 0 Å². The van der Waals surface area contributed by atoms with Gasteiger partial charge in [-0.05, 0) is 19.0 Å². The lowest BCUT2D eigenvalue weighted by Crippen LogP contribution is -2.29. The monoisotopic (exact) mass is 360 g/mol. The summed E-state index contributed by atoms with van der Waals surface area (Å²) in [7, 11) is 1.80. The molecule has 0 bridgehead atoms. The van der Waals surface area contributed by atoms with E-state index in [1.807, 2.05) is 24.3 Å². The van der Waals surface area contributed by atoms with Crippen molar-refractivity contribution in [1.82, 2.24) is 20.4 Å². The zero-order valence-electron chi connectivity index (χ0n) is 13.2. The van der Waals surface area contributed by atoms with Crippen molar-refractivity contribution < 1.29 is 4.79 Å². The maximum atomic E-state index is 12.8. The third-order valence-corrected chi connectivity index (χ3v) is 6.04. The minimum absolute atomic E-state index is 0.0667. The molecule has 124 valence electrons. The third-order valence-electron chi connectivity index (χ3n) is 4.34. The first-order chi connectivity index (χ1) is 11.6. The topological polar surface area (TPSA) is 61.0 Å². The second-order valence-electron chi connectivity index (χ2n) is 5.95. The van der Waals surface area contributed by atoms with Gasteiger partial charge in [-0.2, -0.15) is 5.10 Å². The van der Waals surface area contributed by atoms with Crippen LogP contribution in [-0.4, -0.2) is 34.6 Å². The summed E-state index contributed by atoms with van der Waals surface area (Å²) in [6, 6.07) is 8.03. The Morgan fingerprint density at radius 2 is 2.25 bits per heavy atom. The molecular formula is C17H17ClN4OS. The molecule has 0 unspecified atom stereocenters. The summed E-state index contributed by atoms with van der Waals surface area (Å²) in [6.45, 7) is 2.09. The Labute approximate surface area is 148 Å². The number of rotatable bonds is 3. The number of aromatic nitrogens is 2. The molecule has 0 aliphatic carbocycles. The Balaban J connectivity index is 1.59. The van der Waals surface area contributed by atoms with Crippen molar-refractivity contribution in [1.29, 1.82) is 0 Å². The summed E-state index contributed by atoms with van der Waals surface area (Å²) in [5, 5.41) is 12.3. The predicted octanol–water partition coefficient (Wildman–Crippen LogP) is 3.20. The number of H-pyrrole nitrogens is 1. The van der Waals surface area contributed by atoms with Gasteiger partial charge in [0.15, 0.2) is 5.69 Å². The average molecular weight is 361 g/mol. The standard InChI is InChI=1S/C17H17ClN4OS/c1-22(9-14-15(18)11-4-2-3-5-13(11)24-14)17(23)16-10-6-7-19-8-12(10)20-21-16/h2-5,19H,6-9H2,1H3,(H,20,21). The van der Waals surface area contributed by atoms with Crippen molar-refractivity contribution in [3.8, 4) is 0 Å². The Bertz CT molecular complexity index is 917. The highest BCUT2D eigenvalue weighted by atomic mass is 35.5. The van der Waals surface area contributed by atoms with E-state index < -0.39 is 0 Å². The lowest BCUT2D eigenvalue weighted by atomic mass is 10.1. The lowest BCUT2D eigenvalue weighted by molar-refractivity contribution is 0.0779. The van der Waals surface area contributed by atoms with Crippen LogP contribution < -0.4 is 5.32 Å². The number of amides is 1. The molecule has 0 saturated heterocycles. The van der Waals surface area contributed by atoms with E-state index in [1.54, 1.807) is 23.3 Å². The van der Waals surface area contributed by atoms with Crippen molar-refractivity contribution in [3.05, 3.63) is 51.1 Å². The van der Waals surface area contributed by atoms with E-state index >= 15 is 0 Å². The number of benzene rings is 1. The number of nitrogens with zero attached hydrogens (tertiary/aromatic N) is 2. The van der Waals surface area contributed by atoms with Gasteiger partial charge < -0.3 is 10.2 Å². The van der Waals surface area contributed by atoms with Gasteiger partial charge in [0.1, 0.15) is 0 Å². The molecule has 1 aliphatic rings. The van der Waals surface area contributed by atoms with Crippen LogP contribution in [0.1, 0.15) is 26.6 Å². The number of carbonyl (C=O) groups is 1. The number of hydrogen-bond donors (Lipinski definition) is 2. The molecule has 0 saturated carbocycles. The van der Waals surface area contributed by atoms with Crippen LogP contribution in [0.3, 0.4) is 0 Å². The van der Waals surface area contributed by atoms with Crippen molar-refractivity contribution in [2.24, 2.45) is 0 Å². The van der Waals surface area contributed by atoms with Crippen molar-refractivity contribution >= 4 is 38.9 Å². The molecule has 4 rings (SSSR count). The zero-order chi connectivity index (χ0) is 16.7. The summed E-state index contributed by atoms with van der Waals surface area (Å²) in [4.78, 5) is 15.5. The number of carbonyl (C=O) groups excluding carboxylic acids is 1. The SMILES string of the molecule is CN(Cc1sc2ccccc2c1Cl)C(=O)c1n[nH]c2c1CCNC2. The van der Waals surface area contributed by atoms with Crippen molar-refractivity contribution in [2.75, 3.05) is 13.6 Å². The fourth-order valence-electron chi connectivity index (χ4n) is 3.05. The normalized spacial score (nSPS) is 13.9. The Morgan fingerprint density at radius 3 is 3.08 bits per heavy atom. The predicted molar refractivity (Wildman–Crippen MR) is 96.6 cm³/mol. The van der Waals surface area contributed by atoms with Crippen LogP contribution in [0.15, 0.2) is 24.3 Å². The quantitative estimate of drug-likeness (QED) is 0.754. The molecule has 2 aromatic heterocycles. The maximum absolute atomic E-state index is 12.8. The molecule has 3 heterocycles. The molecule has 1 aromatic carbocycles. The second kappa shape index (κ2) is 6.20. The van der Waals surface area contributed by atoms with Gasteiger partial charge in [-0.3, -0.25) is 9.89 Å². The minimum Gasteiger partial charge on any atom is -0.335 e. The summed E-state index contributed by atoms with van der Waals surface area (Å²) in [6.07, 6.45) is 0.824. The fraction of sp³-hybridized carbons (Fsp3) is 0.294. The molecule has 7 heteroatoms. The molecular weight excluding hydrogens is 344 g/mol. The minimum atomic E-state index is -0.0667. The number of fused-ring (bicyclic) bond motifs is 2. The second-order valence-corrected chi connectivity index (χ2v) is 7.47. The first-order valence-corrected chi connectivity index (χ1v) is 9.03. The zero-order valence-corrected chi connectivity index (χ0v) is 14.8. The van der Waals surface area contributed by atoms with Gasteiger partial charge >= 0.3 is 0 Å². The molecule has 1 amide bonds. The van der Waals surface area contributed by atoms with Crippen LogP contribution in [0.2, 0.25) is 5.02 Å². The van der Waals surface area contributed by atoms with Crippen molar-refractivity contribution in [2.45, 2.75) is 19.5 Å². The van der Waals surface area contributed by atoms with E-state index in [0.29, 0.717) is 12.2 Å². The van der Waals surface area contributed by atoms with Gasteiger partial charge in [-0.25, -0.2) is 0 Å². The van der Waals surface area contributed by atoms with Crippen molar-refractivity contribution in [3.63, 3.8) is 0 Å². The molecule has 24 heavy (non-hydrogen) atoms. The number of thiophene rings is 1. The largest absolute Gasteiger partial charge is 0.335 e. The molecule has 0 atom stereocenters. The van der Waals surface area contributed by atoms with E-state index in [9.17, 15) is 4.79 Å². The van der Waals surface area contributed by atoms with Crippen LogP contribution in [0, 0.1) is 0 Å². The summed E-state index contributed by atoms with van der Waals surface area (Å²) in [5.74, 6) is -0.0667. The highest BCUT2D eigenvalue weighted by molar-refractivity contribution is 7.19. The van der Waals surface area contributed by atoms with Crippen LogP contribution in [-0.2, 0) is 19.5 Å². The van der Waals surface area contributed by atoms with Gasteiger partial charge in [0.25, 0.3) is 5.91 Å². The number of hydrogen-bond acceptors (Lipinski definition) is 4. The van der Waals surface area contributed by atoms with Crippen LogP contribution in [0.4, 0.5) is 0 Å².